The lowest BCUT2D eigenvalue weighted by molar-refractivity contribution is 0.00862. The van der Waals surface area contributed by atoms with Crippen molar-refractivity contribution in [3.05, 3.63) is 48.3 Å². The summed E-state index contributed by atoms with van der Waals surface area (Å²) < 4.78 is 11.0. The number of β-amino-alcohol motifs (C(OH)–C–C–N with tert-alkyl or cyclic N) is 1. The van der Waals surface area contributed by atoms with E-state index in [0.29, 0.717) is 19.8 Å². The van der Waals surface area contributed by atoms with Gasteiger partial charge in [0.1, 0.15) is 5.75 Å². The number of aliphatic hydroxyl groups excluding tert-OH is 1. The highest BCUT2D eigenvalue weighted by molar-refractivity contribution is 5.32. The molecule has 2 heterocycles. The van der Waals surface area contributed by atoms with Crippen LogP contribution < -0.4 is 9.64 Å². The Hall–Kier alpha value is -2.22. The minimum atomic E-state index is -0.510. The number of aromatic nitrogens is 2. The van der Waals surface area contributed by atoms with Gasteiger partial charge in [0.05, 0.1) is 26.4 Å². The van der Waals surface area contributed by atoms with Crippen molar-refractivity contribution < 1.29 is 14.6 Å². The first-order chi connectivity index (χ1) is 12.8. The minimum absolute atomic E-state index is 0.306. The van der Waals surface area contributed by atoms with Crippen LogP contribution in [0.4, 0.5) is 5.95 Å². The molecule has 1 fully saturated rings. The molecule has 0 bridgehead atoms. The predicted octanol–water partition coefficient (Wildman–Crippen LogP) is 1.18. The van der Waals surface area contributed by atoms with E-state index in [1.54, 1.807) is 19.5 Å². The molecule has 26 heavy (non-hydrogen) atoms. The second-order valence-corrected chi connectivity index (χ2v) is 6.32. The molecule has 2 aromatic rings. The number of rotatable bonds is 8. The van der Waals surface area contributed by atoms with Crippen LogP contribution in [-0.4, -0.2) is 72.5 Å². The van der Waals surface area contributed by atoms with Crippen LogP contribution in [0.2, 0.25) is 0 Å². The van der Waals surface area contributed by atoms with Crippen molar-refractivity contribution in [2.24, 2.45) is 0 Å². The molecule has 1 unspecified atom stereocenters. The number of anilines is 1. The van der Waals surface area contributed by atoms with Crippen LogP contribution in [0.5, 0.6) is 5.75 Å². The maximum Gasteiger partial charge on any atom is 0.225 e. The van der Waals surface area contributed by atoms with Crippen LogP contribution in [0.3, 0.4) is 0 Å². The predicted molar refractivity (Wildman–Crippen MR) is 99.3 cm³/mol. The van der Waals surface area contributed by atoms with Gasteiger partial charge in [-0.05, 0) is 12.1 Å². The van der Waals surface area contributed by atoms with Crippen LogP contribution in [-0.2, 0) is 11.3 Å². The van der Waals surface area contributed by atoms with Crippen LogP contribution in [0.1, 0.15) is 5.56 Å². The molecule has 140 valence electrons. The van der Waals surface area contributed by atoms with Gasteiger partial charge in [0.2, 0.25) is 5.95 Å². The molecule has 1 aliphatic heterocycles. The molecule has 1 aliphatic rings. The molecule has 1 aromatic carbocycles. The molecule has 7 nitrogen and oxygen atoms in total. The Morgan fingerprint density at radius 1 is 1.08 bits per heavy atom. The van der Waals surface area contributed by atoms with E-state index < -0.39 is 6.10 Å². The normalized spacial score (nSPS) is 16.5. The number of aliphatic hydroxyl groups is 1. The van der Waals surface area contributed by atoms with E-state index in [1.165, 1.54) is 0 Å². The van der Waals surface area contributed by atoms with E-state index in [9.17, 15) is 5.11 Å². The molecular formula is C19H26N4O3. The molecule has 0 radical (unpaired) electrons. The van der Waals surface area contributed by atoms with Crippen molar-refractivity contribution >= 4 is 5.95 Å². The molecular weight excluding hydrogens is 332 g/mol. The lowest BCUT2D eigenvalue weighted by Gasteiger charge is -2.35. The third kappa shape index (κ3) is 5.14. The number of para-hydroxylation sites is 1. The summed E-state index contributed by atoms with van der Waals surface area (Å²) in [4.78, 5) is 13.0. The molecule has 0 amide bonds. The van der Waals surface area contributed by atoms with E-state index >= 15 is 0 Å². The van der Waals surface area contributed by atoms with Crippen LogP contribution in [0.15, 0.2) is 42.7 Å². The standard InChI is InChI=1S/C19H26N4O3/c1-25-18-6-3-2-5-16(18)14-26-15-17(24)13-22-9-11-23(12-10-22)19-20-7-4-8-21-19/h2-8,17,24H,9-15H2,1H3. The lowest BCUT2D eigenvalue weighted by Crippen LogP contribution is -2.49. The Morgan fingerprint density at radius 3 is 2.54 bits per heavy atom. The zero-order valence-corrected chi connectivity index (χ0v) is 15.1. The summed E-state index contributed by atoms with van der Waals surface area (Å²) in [6.07, 6.45) is 3.01. The fourth-order valence-electron chi connectivity index (χ4n) is 3.06. The largest absolute Gasteiger partial charge is 0.496 e. The molecule has 1 atom stereocenters. The van der Waals surface area contributed by atoms with Gasteiger partial charge in [0.25, 0.3) is 0 Å². The van der Waals surface area contributed by atoms with Gasteiger partial charge >= 0.3 is 0 Å². The molecule has 1 aromatic heterocycles. The maximum absolute atomic E-state index is 10.3. The van der Waals surface area contributed by atoms with Gasteiger partial charge in [0, 0.05) is 50.7 Å². The molecule has 0 saturated carbocycles. The highest BCUT2D eigenvalue weighted by Crippen LogP contribution is 2.18. The highest BCUT2D eigenvalue weighted by atomic mass is 16.5. The van der Waals surface area contributed by atoms with Crippen LogP contribution in [0.25, 0.3) is 0 Å². The van der Waals surface area contributed by atoms with Gasteiger partial charge in [-0.1, -0.05) is 18.2 Å². The number of benzene rings is 1. The molecule has 0 spiro atoms. The SMILES string of the molecule is COc1ccccc1COCC(O)CN1CCN(c2ncccn2)CC1. The summed E-state index contributed by atoms with van der Waals surface area (Å²) >= 11 is 0. The average Bonchev–Trinajstić information content (AvgIpc) is 2.69. The second kappa shape index (κ2) is 9.47. The first kappa shape index (κ1) is 18.6. The quantitative estimate of drug-likeness (QED) is 0.760. The Morgan fingerprint density at radius 2 is 1.81 bits per heavy atom. The number of piperazine rings is 1. The van der Waals surface area contributed by atoms with E-state index in [-0.39, 0.29) is 0 Å². The Bertz CT molecular complexity index is 663. The lowest BCUT2D eigenvalue weighted by atomic mass is 10.2. The number of methoxy groups -OCH3 is 1. The maximum atomic E-state index is 10.3. The third-order valence-corrected chi connectivity index (χ3v) is 4.44. The number of nitrogens with zero attached hydrogens (tertiary/aromatic N) is 4. The first-order valence-electron chi connectivity index (χ1n) is 8.88. The minimum Gasteiger partial charge on any atom is -0.496 e. The molecule has 3 rings (SSSR count). The van der Waals surface area contributed by atoms with Crippen molar-refractivity contribution in [3.8, 4) is 5.75 Å². The molecule has 1 saturated heterocycles. The summed E-state index contributed by atoms with van der Waals surface area (Å²) in [5, 5.41) is 10.3. The van der Waals surface area contributed by atoms with Gasteiger partial charge in [-0.3, -0.25) is 4.90 Å². The smallest absolute Gasteiger partial charge is 0.225 e. The number of hydrogen-bond donors (Lipinski definition) is 1. The monoisotopic (exact) mass is 358 g/mol. The highest BCUT2D eigenvalue weighted by Gasteiger charge is 2.20. The van der Waals surface area contributed by atoms with Crippen molar-refractivity contribution in [3.63, 3.8) is 0 Å². The van der Waals surface area contributed by atoms with Crippen molar-refractivity contribution in [2.45, 2.75) is 12.7 Å². The van der Waals surface area contributed by atoms with Crippen molar-refractivity contribution in [1.29, 1.82) is 0 Å². The zero-order chi connectivity index (χ0) is 18.2. The summed E-state index contributed by atoms with van der Waals surface area (Å²) in [5.74, 6) is 1.58. The fourth-order valence-corrected chi connectivity index (χ4v) is 3.06. The molecule has 1 N–H and O–H groups in total. The fraction of sp³-hybridized carbons (Fsp3) is 0.474. The number of hydrogen-bond acceptors (Lipinski definition) is 7. The zero-order valence-electron chi connectivity index (χ0n) is 15.1. The topological polar surface area (TPSA) is 71.0 Å². The Kier molecular flexibility index (Phi) is 6.76. The van der Waals surface area contributed by atoms with Crippen LogP contribution >= 0.6 is 0 Å². The summed E-state index contributed by atoms with van der Waals surface area (Å²) in [5.41, 5.74) is 0.985. The van der Waals surface area contributed by atoms with Crippen molar-refractivity contribution in [2.75, 3.05) is 51.3 Å². The van der Waals surface area contributed by atoms with Gasteiger partial charge in [-0.25, -0.2) is 9.97 Å². The number of ether oxygens (including phenoxy) is 2. The average molecular weight is 358 g/mol. The van der Waals surface area contributed by atoms with E-state index in [1.807, 2.05) is 30.3 Å². The summed E-state index contributed by atoms with van der Waals surface area (Å²) in [6, 6.07) is 9.58. The first-order valence-corrected chi connectivity index (χ1v) is 8.88. The van der Waals surface area contributed by atoms with Gasteiger partial charge < -0.3 is 19.5 Å². The molecule has 0 aliphatic carbocycles. The summed E-state index contributed by atoms with van der Waals surface area (Å²) in [6.45, 7) is 4.82. The van der Waals surface area contributed by atoms with E-state index in [4.69, 9.17) is 9.47 Å². The second-order valence-electron chi connectivity index (χ2n) is 6.32. The third-order valence-electron chi connectivity index (χ3n) is 4.44. The van der Waals surface area contributed by atoms with Gasteiger partial charge in [-0.2, -0.15) is 0 Å². The van der Waals surface area contributed by atoms with Gasteiger partial charge in [-0.15, -0.1) is 0 Å². The van der Waals surface area contributed by atoms with E-state index in [2.05, 4.69) is 19.8 Å². The summed E-state index contributed by atoms with van der Waals surface area (Å²) in [7, 11) is 1.65. The van der Waals surface area contributed by atoms with E-state index in [0.717, 1.165) is 43.4 Å². The van der Waals surface area contributed by atoms with Gasteiger partial charge in [0.15, 0.2) is 0 Å². The Labute approximate surface area is 154 Å². The van der Waals surface area contributed by atoms with Crippen molar-refractivity contribution in [1.82, 2.24) is 14.9 Å². The Balaban J connectivity index is 1.37. The molecule has 7 heteroatoms. The van der Waals surface area contributed by atoms with Crippen LogP contribution in [0, 0.1) is 0 Å².